The molecule has 0 radical (unpaired) electrons. The maximum Gasteiger partial charge on any atom is 0.231 e. The van der Waals surface area contributed by atoms with E-state index in [1.165, 1.54) is 16.5 Å². The number of benzene rings is 2. The van der Waals surface area contributed by atoms with Gasteiger partial charge >= 0.3 is 0 Å². The van der Waals surface area contributed by atoms with Crippen LogP contribution in [0.3, 0.4) is 0 Å². The third-order valence-corrected chi connectivity index (χ3v) is 3.74. The highest BCUT2D eigenvalue weighted by molar-refractivity contribution is 5.79. The van der Waals surface area contributed by atoms with Crippen LogP contribution in [0.25, 0.3) is 10.9 Å². The van der Waals surface area contributed by atoms with Gasteiger partial charge in [0.05, 0.1) is 0 Å². The van der Waals surface area contributed by atoms with E-state index in [4.69, 9.17) is 9.47 Å². The Balaban J connectivity index is 1.44. The number of hydrogen-bond donors (Lipinski definition) is 2. The average molecular weight is 280 g/mol. The smallest absolute Gasteiger partial charge is 0.231 e. The molecule has 1 aromatic heterocycles. The minimum atomic E-state index is 0.315. The van der Waals surface area contributed by atoms with E-state index in [2.05, 4.69) is 40.6 Å². The molecule has 2 aromatic carbocycles. The van der Waals surface area contributed by atoms with Gasteiger partial charge in [0, 0.05) is 30.4 Å². The van der Waals surface area contributed by atoms with Crippen molar-refractivity contribution < 1.29 is 9.47 Å². The molecule has 106 valence electrons. The summed E-state index contributed by atoms with van der Waals surface area (Å²) in [5.41, 5.74) is 3.56. The van der Waals surface area contributed by atoms with Gasteiger partial charge in [0.15, 0.2) is 11.5 Å². The second kappa shape index (κ2) is 5.14. The predicted octanol–water partition coefficient (Wildman–Crippen LogP) is 3.19. The van der Waals surface area contributed by atoms with Crippen molar-refractivity contribution in [3.63, 3.8) is 0 Å². The number of para-hydroxylation sites is 1. The van der Waals surface area contributed by atoms with E-state index in [1.54, 1.807) is 0 Å². The molecule has 0 spiro atoms. The molecule has 1 aliphatic heterocycles. The molecule has 2 N–H and O–H groups in total. The van der Waals surface area contributed by atoms with Crippen LogP contribution in [0.4, 0.5) is 0 Å². The molecule has 0 atom stereocenters. The van der Waals surface area contributed by atoms with Crippen LogP contribution in [-0.2, 0) is 13.1 Å². The molecule has 3 aromatic rings. The lowest BCUT2D eigenvalue weighted by Gasteiger charge is -2.08. The first-order valence-corrected chi connectivity index (χ1v) is 7.04. The minimum Gasteiger partial charge on any atom is -0.454 e. The van der Waals surface area contributed by atoms with Crippen molar-refractivity contribution in [3.05, 3.63) is 59.8 Å². The Kier molecular flexibility index (Phi) is 3.01. The summed E-state index contributed by atoms with van der Waals surface area (Å²) in [6.07, 6.45) is 1.96. The van der Waals surface area contributed by atoms with Crippen LogP contribution in [0.5, 0.6) is 11.5 Å². The highest BCUT2D eigenvalue weighted by Crippen LogP contribution is 2.35. The average Bonchev–Trinajstić information content (AvgIpc) is 3.15. The molecule has 4 nitrogen and oxygen atoms in total. The first kappa shape index (κ1) is 12.3. The van der Waals surface area contributed by atoms with Crippen LogP contribution in [-0.4, -0.2) is 11.8 Å². The van der Waals surface area contributed by atoms with Gasteiger partial charge in [-0.25, -0.2) is 0 Å². The number of fused-ring (bicyclic) bond motifs is 2. The number of H-pyrrole nitrogens is 1. The molecule has 0 aliphatic carbocycles. The lowest BCUT2D eigenvalue weighted by Crippen LogP contribution is -2.13. The van der Waals surface area contributed by atoms with Crippen LogP contribution in [0.2, 0.25) is 0 Å². The summed E-state index contributed by atoms with van der Waals surface area (Å²) in [4.78, 5) is 3.24. The standard InChI is InChI=1S/C17H16N2O2/c1-2-14(17-16(3-1)20-11-21-17)10-18-9-12-4-5-13-6-7-19-15(13)8-12/h1-8,18-19H,9-11H2. The van der Waals surface area contributed by atoms with Gasteiger partial charge in [-0.05, 0) is 29.1 Å². The van der Waals surface area contributed by atoms with Crippen LogP contribution in [0.1, 0.15) is 11.1 Å². The Bertz CT molecular complexity index is 779. The molecule has 4 heteroatoms. The minimum absolute atomic E-state index is 0.315. The summed E-state index contributed by atoms with van der Waals surface area (Å²) in [6, 6.07) is 14.5. The first-order chi connectivity index (χ1) is 10.4. The molecule has 0 bridgehead atoms. The van der Waals surface area contributed by atoms with Crippen molar-refractivity contribution in [2.75, 3.05) is 6.79 Å². The zero-order chi connectivity index (χ0) is 14.1. The zero-order valence-electron chi connectivity index (χ0n) is 11.6. The van der Waals surface area contributed by atoms with E-state index < -0.39 is 0 Å². The van der Waals surface area contributed by atoms with Crippen molar-refractivity contribution in [1.82, 2.24) is 10.3 Å². The van der Waals surface area contributed by atoms with Gasteiger partial charge in [0.1, 0.15) is 0 Å². The Morgan fingerprint density at radius 3 is 3.05 bits per heavy atom. The topological polar surface area (TPSA) is 46.3 Å². The number of aromatic nitrogens is 1. The lowest BCUT2D eigenvalue weighted by atomic mass is 10.1. The lowest BCUT2D eigenvalue weighted by molar-refractivity contribution is 0.173. The largest absolute Gasteiger partial charge is 0.454 e. The third kappa shape index (κ3) is 2.34. The number of rotatable bonds is 4. The van der Waals surface area contributed by atoms with Crippen molar-refractivity contribution in [2.45, 2.75) is 13.1 Å². The summed E-state index contributed by atoms with van der Waals surface area (Å²) in [5.74, 6) is 1.70. The van der Waals surface area contributed by atoms with Crippen molar-refractivity contribution in [3.8, 4) is 11.5 Å². The number of aromatic amines is 1. The Morgan fingerprint density at radius 2 is 2.05 bits per heavy atom. The van der Waals surface area contributed by atoms with Gasteiger partial charge in [-0.3, -0.25) is 0 Å². The van der Waals surface area contributed by atoms with Gasteiger partial charge in [-0.15, -0.1) is 0 Å². The second-order valence-electron chi connectivity index (χ2n) is 5.15. The molecule has 0 unspecified atom stereocenters. The summed E-state index contributed by atoms with van der Waals surface area (Å²) >= 11 is 0. The van der Waals surface area contributed by atoms with Crippen LogP contribution in [0.15, 0.2) is 48.7 Å². The Labute approximate surface area is 122 Å². The zero-order valence-corrected chi connectivity index (χ0v) is 11.6. The molecular formula is C17H16N2O2. The highest BCUT2D eigenvalue weighted by Gasteiger charge is 2.16. The maximum absolute atomic E-state index is 5.51. The highest BCUT2D eigenvalue weighted by atomic mass is 16.7. The molecular weight excluding hydrogens is 264 g/mol. The van der Waals surface area contributed by atoms with E-state index in [0.717, 1.165) is 30.2 Å². The van der Waals surface area contributed by atoms with Crippen molar-refractivity contribution >= 4 is 10.9 Å². The van der Waals surface area contributed by atoms with Gasteiger partial charge < -0.3 is 19.8 Å². The molecule has 0 amide bonds. The van der Waals surface area contributed by atoms with Crippen molar-refractivity contribution in [2.24, 2.45) is 0 Å². The number of hydrogen-bond acceptors (Lipinski definition) is 3. The SMILES string of the molecule is c1cc(CNCc2ccc3cc[nH]c3c2)c2c(c1)OCO2. The Hall–Kier alpha value is -2.46. The summed E-state index contributed by atoms with van der Waals surface area (Å²) in [6.45, 7) is 1.89. The fourth-order valence-corrected chi connectivity index (χ4v) is 2.68. The second-order valence-corrected chi connectivity index (χ2v) is 5.15. The van der Waals surface area contributed by atoms with Gasteiger partial charge in [0.2, 0.25) is 6.79 Å². The summed E-state index contributed by atoms with van der Waals surface area (Å²) in [7, 11) is 0. The maximum atomic E-state index is 5.51. The molecule has 21 heavy (non-hydrogen) atoms. The van der Waals surface area contributed by atoms with Crippen LogP contribution >= 0.6 is 0 Å². The van der Waals surface area contributed by atoms with Crippen molar-refractivity contribution in [1.29, 1.82) is 0 Å². The summed E-state index contributed by atoms with van der Waals surface area (Å²) in [5, 5.41) is 4.70. The predicted molar refractivity (Wildman–Crippen MR) is 81.4 cm³/mol. The molecule has 0 saturated heterocycles. The molecule has 4 rings (SSSR count). The van der Waals surface area contributed by atoms with Gasteiger partial charge in [-0.1, -0.05) is 24.3 Å². The number of nitrogens with one attached hydrogen (secondary N) is 2. The molecule has 2 heterocycles. The monoisotopic (exact) mass is 280 g/mol. The fraction of sp³-hybridized carbons (Fsp3) is 0.176. The fourth-order valence-electron chi connectivity index (χ4n) is 2.68. The van der Waals surface area contributed by atoms with E-state index in [0.29, 0.717) is 6.79 Å². The van der Waals surface area contributed by atoms with E-state index in [-0.39, 0.29) is 0 Å². The quantitative estimate of drug-likeness (QED) is 0.771. The number of ether oxygens (including phenoxy) is 2. The third-order valence-electron chi connectivity index (χ3n) is 3.74. The molecule has 0 fully saturated rings. The summed E-state index contributed by atoms with van der Waals surface area (Å²) < 4.78 is 10.9. The first-order valence-electron chi connectivity index (χ1n) is 7.04. The van der Waals surface area contributed by atoms with Gasteiger partial charge in [-0.2, -0.15) is 0 Å². The van der Waals surface area contributed by atoms with E-state index >= 15 is 0 Å². The normalized spacial score (nSPS) is 13.0. The molecule has 0 saturated carbocycles. The van der Waals surface area contributed by atoms with Gasteiger partial charge in [0.25, 0.3) is 0 Å². The Morgan fingerprint density at radius 1 is 1.05 bits per heavy atom. The van der Waals surface area contributed by atoms with Crippen LogP contribution < -0.4 is 14.8 Å². The van der Waals surface area contributed by atoms with E-state index in [9.17, 15) is 0 Å². The van der Waals surface area contributed by atoms with E-state index in [1.807, 2.05) is 18.3 Å². The molecule has 1 aliphatic rings. The van der Waals surface area contributed by atoms with Crippen LogP contribution in [0, 0.1) is 0 Å².